The van der Waals surface area contributed by atoms with Crippen LogP contribution in [0.15, 0.2) is 87.1 Å². The lowest BCUT2D eigenvalue weighted by atomic mass is 10.1. The van der Waals surface area contributed by atoms with Gasteiger partial charge in [0, 0.05) is 28.2 Å². The molecule has 0 aliphatic carbocycles. The maximum Gasteiger partial charge on any atom is 0.282 e. The summed E-state index contributed by atoms with van der Waals surface area (Å²) in [6.07, 6.45) is 2.77. The second-order valence-corrected chi connectivity index (χ2v) is 9.44. The van der Waals surface area contributed by atoms with Gasteiger partial charge in [-0.15, -0.1) is 0 Å². The van der Waals surface area contributed by atoms with Crippen molar-refractivity contribution in [1.29, 1.82) is 0 Å². The van der Waals surface area contributed by atoms with Crippen LogP contribution >= 0.6 is 0 Å². The average molecular weight is 505 g/mol. The second kappa shape index (κ2) is 9.34. The molecule has 3 aromatic carbocycles. The third kappa shape index (κ3) is 3.70. The van der Waals surface area contributed by atoms with E-state index < -0.39 is 0 Å². The fraction of sp³-hybridized carbons (Fsp3) is 0.194. The molecule has 3 heterocycles. The summed E-state index contributed by atoms with van der Waals surface area (Å²) in [5.41, 5.74) is 4.17. The maximum absolute atomic E-state index is 13.7. The predicted octanol–water partition coefficient (Wildman–Crippen LogP) is 6.93. The quantitative estimate of drug-likeness (QED) is 0.230. The van der Waals surface area contributed by atoms with Crippen molar-refractivity contribution in [1.82, 2.24) is 14.2 Å². The zero-order valence-electron chi connectivity index (χ0n) is 21.8. The highest BCUT2D eigenvalue weighted by Crippen LogP contribution is 2.33. The molecule has 0 radical (unpaired) electrons. The van der Waals surface area contributed by atoms with Crippen LogP contribution in [-0.2, 0) is 0 Å². The molecule has 0 amide bonds. The Bertz CT molecular complexity index is 1910. The van der Waals surface area contributed by atoms with Crippen LogP contribution in [0.3, 0.4) is 0 Å². The fourth-order valence-corrected chi connectivity index (χ4v) is 5.16. The lowest BCUT2D eigenvalue weighted by Crippen LogP contribution is -2.20. The lowest BCUT2D eigenvalue weighted by Gasteiger charge is -2.15. The van der Waals surface area contributed by atoms with Crippen molar-refractivity contribution in [2.24, 2.45) is 5.10 Å². The molecule has 0 N–H and O–H groups in total. The van der Waals surface area contributed by atoms with Crippen molar-refractivity contribution in [3.63, 3.8) is 0 Å². The Morgan fingerprint density at radius 3 is 2.58 bits per heavy atom. The molecule has 190 valence electrons. The van der Waals surface area contributed by atoms with E-state index in [-0.39, 0.29) is 5.56 Å². The maximum atomic E-state index is 13.7. The van der Waals surface area contributed by atoms with Crippen LogP contribution in [0.25, 0.3) is 44.4 Å². The highest BCUT2D eigenvalue weighted by atomic mass is 16.5. The predicted molar refractivity (Wildman–Crippen MR) is 152 cm³/mol. The summed E-state index contributed by atoms with van der Waals surface area (Å²) < 4.78 is 15.3. The van der Waals surface area contributed by atoms with E-state index in [1.54, 1.807) is 19.4 Å². The van der Waals surface area contributed by atoms with Crippen molar-refractivity contribution in [3.8, 4) is 17.3 Å². The highest BCUT2D eigenvalue weighted by molar-refractivity contribution is 6.01. The molecule has 38 heavy (non-hydrogen) atoms. The summed E-state index contributed by atoms with van der Waals surface area (Å²) in [7, 11) is 1.62. The number of rotatable bonds is 6. The molecule has 6 rings (SSSR count). The number of fused-ring (bicyclic) bond motifs is 3. The first-order chi connectivity index (χ1) is 18.5. The van der Waals surface area contributed by atoms with Crippen LogP contribution in [0.5, 0.6) is 5.75 Å². The number of furan rings is 1. The van der Waals surface area contributed by atoms with E-state index in [1.165, 1.54) is 4.68 Å². The van der Waals surface area contributed by atoms with Gasteiger partial charge in [-0.25, -0.2) is 4.98 Å². The van der Waals surface area contributed by atoms with Crippen molar-refractivity contribution in [2.45, 2.75) is 33.2 Å². The second-order valence-electron chi connectivity index (χ2n) is 9.44. The first-order valence-corrected chi connectivity index (χ1v) is 12.7. The van der Waals surface area contributed by atoms with E-state index in [4.69, 9.17) is 19.2 Å². The first kappa shape index (κ1) is 23.7. The number of ether oxygens (including phenoxy) is 1. The van der Waals surface area contributed by atoms with Crippen molar-refractivity contribution >= 4 is 39.0 Å². The zero-order valence-corrected chi connectivity index (χ0v) is 21.8. The van der Waals surface area contributed by atoms with Crippen molar-refractivity contribution < 1.29 is 9.15 Å². The lowest BCUT2D eigenvalue weighted by molar-refractivity contribution is 0.419. The molecule has 0 bridgehead atoms. The Labute approximate surface area is 219 Å². The smallest absolute Gasteiger partial charge is 0.282 e. The minimum absolute atomic E-state index is 0.266. The standard InChI is InChI=1S/C31H28N4O3/c1-5-19(2)34-20(3)24(21-11-7-9-14-26(21)34)18-32-35-30(33-25-13-8-6-12-22(25)31(35)36)29-17-23-27(37-4)15-10-16-28(23)38-29/h6-19H,5H2,1-4H3/t19-/m0/s1. The zero-order chi connectivity index (χ0) is 26.4. The molecular weight excluding hydrogens is 476 g/mol. The number of hydrogen-bond acceptors (Lipinski definition) is 5. The summed E-state index contributed by atoms with van der Waals surface area (Å²) in [6.45, 7) is 6.50. The van der Waals surface area contributed by atoms with Gasteiger partial charge in [0.15, 0.2) is 5.76 Å². The molecule has 3 aromatic heterocycles. The van der Waals surface area contributed by atoms with Gasteiger partial charge in [-0.05, 0) is 56.7 Å². The molecule has 0 unspecified atom stereocenters. The van der Waals surface area contributed by atoms with Gasteiger partial charge in [-0.3, -0.25) is 4.79 Å². The Kier molecular flexibility index (Phi) is 5.83. The molecule has 0 aliphatic rings. The summed E-state index contributed by atoms with van der Waals surface area (Å²) in [4.78, 5) is 18.5. The number of benzene rings is 3. The fourth-order valence-electron chi connectivity index (χ4n) is 5.16. The Morgan fingerprint density at radius 1 is 1.03 bits per heavy atom. The van der Waals surface area contributed by atoms with Crippen LogP contribution in [0.1, 0.15) is 37.6 Å². The summed E-state index contributed by atoms with van der Waals surface area (Å²) in [5.74, 6) is 1.44. The molecule has 0 spiro atoms. The molecule has 7 heteroatoms. The molecule has 1 atom stereocenters. The van der Waals surface area contributed by atoms with Gasteiger partial charge in [0.25, 0.3) is 5.56 Å². The summed E-state index contributed by atoms with van der Waals surface area (Å²) in [6, 6.07) is 23.3. The Hall–Kier alpha value is -4.65. The van der Waals surface area contributed by atoms with Crippen LogP contribution in [0, 0.1) is 6.92 Å². The molecule has 0 saturated heterocycles. The van der Waals surface area contributed by atoms with Crippen molar-refractivity contribution in [2.75, 3.05) is 7.11 Å². The third-order valence-corrected chi connectivity index (χ3v) is 7.25. The van der Waals surface area contributed by atoms with Crippen LogP contribution in [-0.4, -0.2) is 27.6 Å². The van der Waals surface area contributed by atoms with Gasteiger partial charge < -0.3 is 13.7 Å². The number of para-hydroxylation sites is 2. The van der Waals surface area contributed by atoms with Crippen molar-refractivity contribution in [3.05, 3.63) is 94.4 Å². The molecule has 6 aromatic rings. The highest BCUT2D eigenvalue weighted by Gasteiger charge is 2.19. The Morgan fingerprint density at radius 2 is 1.79 bits per heavy atom. The average Bonchev–Trinajstić information content (AvgIpc) is 3.50. The van der Waals surface area contributed by atoms with Gasteiger partial charge in [0.1, 0.15) is 11.3 Å². The largest absolute Gasteiger partial charge is 0.496 e. The first-order valence-electron chi connectivity index (χ1n) is 12.7. The molecular formula is C31H28N4O3. The van der Waals surface area contributed by atoms with Crippen LogP contribution in [0.2, 0.25) is 0 Å². The van der Waals surface area contributed by atoms with E-state index in [2.05, 4.69) is 37.5 Å². The minimum atomic E-state index is -0.266. The van der Waals surface area contributed by atoms with Gasteiger partial charge >= 0.3 is 0 Å². The van der Waals surface area contributed by atoms with E-state index >= 15 is 0 Å². The number of aromatic nitrogens is 3. The van der Waals surface area contributed by atoms with E-state index in [9.17, 15) is 4.79 Å². The van der Waals surface area contributed by atoms with Gasteiger partial charge in [-0.1, -0.05) is 43.3 Å². The topological polar surface area (TPSA) is 74.6 Å². The number of hydrogen-bond donors (Lipinski definition) is 0. The van der Waals surface area contributed by atoms with E-state index in [0.29, 0.717) is 39.9 Å². The molecule has 0 fully saturated rings. The van der Waals surface area contributed by atoms with Crippen LogP contribution < -0.4 is 10.3 Å². The monoisotopic (exact) mass is 504 g/mol. The number of methoxy groups -OCH3 is 1. The van der Waals surface area contributed by atoms with Gasteiger partial charge in [-0.2, -0.15) is 9.78 Å². The molecule has 7 nitrogen and oxygen atoms in total. The number of nitrogens with zero attached hydrogens (tertiary/aromatic N) is 4. The van der Waals surface area contributed by atoms with Gasteiger partial charge in [0.2, 0.25) is 5.82 Å². The minimum Gasteiger partial charge on any atom is -0.496 e. The van der Waals surface area contributed by atoms with E-state index in [0.717, 1.165) is 34.0 Å². The third-order valence-electron chi connectivity index (χ3n) is 7.25. The molecule has 0 aliphatic heterocycles. The summed E-state index contributed by atoms with van der Waals surface area (Å²) in [5, 5.41) is 7.11. The summed E-state index contributed by atoms with van der Waals surface area (Å²) >= 11 is 0. The van der Waals surface area contributed by atoms with Crippen LogP contribution in [0.4, 0.5) is 0 Å². The van der Waals surface area contributed by atoms with E-state index in [1.807, 2.05) is 54.6 Å². The van der Waals surface area contributed by atoms with Gasteiger partial charge in [0.05, 0.1) is 29.6 Å². The molecule has 0 saturated carbocycles. The Balaban J connectivity index is 1.59. The SMILES string of the molecule is CC[C@H](C)n1c(C)c(C=Nn2c(-c3cc4c(OC)cccc4o3)nc3ccccc3c2=O)c2ccccc21. The normalized spacial score (nSPS) is 12.7.